The van der Waals surface area contributed by atoms with E-state index >= 15 is 0 Å². The summed E-state index contributed by atoms with van der Waals surface area (Å²) in [5.41, 5.74) is 6.58. The van der Waals surface area contributed by atoms with E-state index < -0.39 is 22.8 Å². The third-order valence-electron chi connectivity index (χ3n) is 6.81. The van der Waals surface area contributed by atoms with Gasteiger partial charge in [0.25, 0.3) is 5.69 Å². The van der Waals surface area contributed by atoms with Crippen LogP contribution < -0.4 is 10.6 Å². The van der Waals surface area contributed by atoms with Gasteiger partial charge in [-0.3, -0.25) is 15.0 Å². The van der Waals surface area contributed by atoms with Crippen molar-refractivity contribution in [2.45, 2.75) is 48.2 Å². The fraction of sp³-hybridized carbons (Fsp3) is 0.321. The maximum atomic E-state index is 13.3. The van der Waals surface area contributed by atoms with Gasteiger partial charge in [-0.05, 0) is 24.5 Å². The molecule has 2 N–H and O–H groups in total. The van der Waals surface area contributed by atoms with Gasteiger partial charge in [-0.1, -0.05) is 49.6 Å². The molecule has 0 spiro atoms. The summed E-state index contributed by atoms with van der Waals surface area (Å²) < 4.78 is 10.1. The standard InChI is InChI=1S/C28H28N4O6S/c1-37-27(33)24-23(17-9-5-3-6-10-17)22(16-29)26(30)31(25(24)28(34)38-2)18-13-19(32(35)36)15-21(14-18)39-20-11-7-4-8-12-20/h3,5-6,9-10,13-15,20,23H,4,7-8,11-12,30H2,1-2H3. The van der Waals surface area contributed by atoms with E-state index in [0.29, 0.717) is 15.7 Å². The van der Waals surface area contributed by atoms with Gasteiger partial charge in [-0.15, -0.1) is 11.8 Å². The predicted molar refractivity (Wildman–Crippen MR) is 145 cm³/mol. The van der Waals surface area contributed by atoms with Crippen molar-refractivity contribution in [3.05, 3.63) is 86.9 Å². The molecule has 11 heteroatoms. The zero-order valence-electron chi connectivity index (χ0n) is 21.6. The Labute approximate surface area is 230 Å². The number of allylic oxidation sites excluding steroid dienone is 1. The lowest BCUT2D eigenvalue weighted by Gasteiger charge is -2.36. The zero-order valence-corrected chi connectivity index (χ0v) is 22.4. The number of rotatable bonds is 7. The minimum absolute atomic E-state index is 0.0118. The number of thioether (sulfide) groups is 1. The van der Waals surface area contributed by atoms with Crippen LogP contribution in [-0.2, 0) is 19.1 Å². The largest absolute Gasteiger partial charge is 0.466 e. The molecule has 1 fully saturated rings. The van der Waals surface area contributed by atoms with Crippen molar-refractivity contribution in [1.82, 2.24) is 0 Å². The number of benzene rings is 2. The van der Waals surface area contributed by atoms with E-state index in [0.717, 1.165) is 46.3 Å². The first-order chi connectivity index (χ1) is 18.8. The maximum absolute atomic E-state index is 13.3. The molecule has 10 nitrogen and oxygen atoms in total. The van der Waals surface area contributed by atoms with Gasteiger partial charge in [0.15, 0.2) is 0 Å². The zero-order chi connectivity index (χ0) is 28.1. The first-order valence-corrected chi connectivity index (χ1v) is 13.3. The minimum atomic E-state index is -1.02. The van der Waals surface area contributed by atoms with Crippen LogP contribution >= 0.6 is 11.8 Å². The number of esters is 2. The molecular weight excluding hydrogens is 520 g/mol. The Morgan fingerprint density at radius 1 is 1.08 bits per heavy atom. The molecule has 1 aliphatic heterocycles. The van der Waals surface area contributed by atoms with E-state index in [1.807, 2.05) is 0 Å². The highest BCUT2D eigenvalue weighted by Gasteiger charge is 2.43. The van der Waals surface area contributed by atoms with Crippen LogP contribution in [0.4, 0.5) is 11.4 Å². The number of carbonyl (C=O) groups excluding carboxylic acids is 2. The summed E-state index contributed by atoms with van der Waals surface area (Å²) >= 11 is 1.53. The summed E-state index contributed by atoms with van der Waals surface area (Å²) in [6.07, 6.45) is 5.32. The number of ether oxygens (including phenoxy) is 2. The second-order valence-corrected chi connectivity index (χ2v) is 10.5. The van der Waals surface area contributed by atoms with Crippen molar-refractivity contribution in [3.8, 4) is 6.07 Å². The fourth-order valence-corrected chi connectivity index (χ4v) is 6.36. The van der Waals surface area contributed by atoms with E-state index in [9.17, 15) is 25.0 Å². The van der Waals surface area contributed by atoms with Crippen LogP contribution in [0.3, 0.4) is 0 Å². The highest BCUT2D eigenvalue weighted by atomic mass is 32.2. The molecule has 1 heterocycles. The Kier molecular flexibility index (Phi) is 8.56. The van der Waals surface area contributed by atoms with E-state index in [1.54, 1.807) is 36.4 Å². The average molecular weight is 549 g/mol. The number of carbonyl (C=O) groups is 2. The summed E-state index contributed by atoms with van der Waals surface area (Å²) in [6, 6.07) is 15.1. The lowest BCUT2D eigenvalue weighted by molar-refractivity contribution is -0.385. The smallest absolute Gasteiger partial charge is 0.355 e. The number of hydrogen-bond donors (Lipinski definition) is 1. The van der Waals surface area contributed by atoms with Crippen LogP contribution in [0, 0.1) is 21.4 Å². The molecule has 1 atom stereocenters. The third-order valence-corrected chi connectivity index (χ3v) is 8.12. The normalized spacial score (nSPS) is 18.0. The molecule has 4 rings (SSSR count). The highest BCUT2D eigenvalue weighted by Crippen LogP contribution is 2.45. The summed E-state index contributed by atoms with van der Waals surface area (Å²) in [5.74, 6) is -2.95. The van der Waals surface area contributed by atoms with E-state index in [1.165, 1.54) is 28.8 Å². The molecule has 1 unspecified atom stereocenters. The lowest BCUT2D eigenvalue weighted by Crippen LogP contribution is -2.40. The molecule has 202 valence electrons. The van der Waals surface area contributed by atoms with Gasteiger partial charge in [0.1, 0.15) is 11.5 Å². The molecule has 0 aromatic heterocycles. The third kappa shape index (κ3) is 5.61. The second-order valence-electron chi connectivity index (χ2n) is 9.16. The Bertz CT molecular complexity index is 1390. The van der Waals surface area contributed by atoms with Crippen LogP contribution in [0.1, 0.15) is 43.6 Å². The fourth-order valence-electron chi connectivity index (χ4n) is 5.03. The van der Waals surface area contributed by atoms with Crippen LogP contribution in [0.15, 0.2) is 76.1 Å². The molecule has 2 aromatic carbocycles. The molecule has 0 amide bonds. The highest BCUT2D eigenvalue weighted by molar-refractivity contribution is 8.00. The Morgan fingerprint density at radius 3 is 2.33 bits per heavy atom. The van der Waals surface area contributed by atoms with Crippen molar-refractivity contribution in [3.63, 3.8) is 0 Å². The van der Waals surface area contributed by atoms with Crippen LogP contribution in [0.25, 0.3) is 0 Å². The monoisotopic (exact) mass is 548 g/mol. The molecule has 39 heavy (non-hydrogen) atoms. The number of methoxy groups -OCH3 is 2. The number of nitrogens with two attached hydrogens (primary N) is 1. The van der Waals surface area contributed by atoms with Gasteiger partial charge >= 0.3 is 11.9 Å². The number of hydrogen-bond acceptors (Lipinski definition) is 10. The van der Waals surface area contributed by atoms with Crippen molar-refractivity contribution >= 4 is 35.1 Å². The SMILES string of the molecule is COC(=O)C1=C(C(=O)OC)N(c2cc(SC3CCCCC3)cc([N+](=O)[O-])c2)C(N)=C(C#N)C1c1ccccc1. The topological polar surface area (TPSA) is 149 Å². The van der Waals surface area contributed by atoms with Gasteiger partial charge < -0.3 is 15.2 Å². The molecule has 0 radical (unpaired) electrons. The Balaban J connectivity index is 1.98. The Morgan fingerprint density at radius 2 is 1.74 bits per heavy atom. The quantitative estimate of drug-likeness (QED) is 0.287. The van der Waals surface area contributed by atoms with E-state index in [4.69, 9.17) is 15.2 Å². The van der Waals surface area contributed by atoms with E-state index in [-0.39, 0.29) is 34.0 Å². The molecule has 0 saturated heterocycles. The molecule has 0 bridgehead atoms. The minimum Gasteiger partial charge on any atom is -0.466 e. The number of non-ortho nitro benzene ring substituents is 1. The number of nitriles is 1. The predicted octanol–water partition coefficient (Wildman–Crippen LogP) is 4.92. The van der Waals surface area contributed by atoms with Crippen molar-refractivity contribution in [2.24, 2.45) is 5.73 Å². The van der Waals surface area contributed by atoms with Gasteiger partial charge in [0.05, 0.1) is 48.0 Å². The van der Waals surface area contributed by atoms with Crippen LogP contribution in [0.2, 0.25) is 0 Å². The molecule has 1 saturated carbocycles. The number of nitro groups is 1. The Hall–Kier alpha value is -4.30. The summed E-state index contributed by atoms with van der Waals surface area (Å²) in [7, 11) is 2.31. The van der Waals surface area contributed by atoms with Gasteiger partial charge in [-0.25, -0.2) is 9.59 Å². The lowest BCUT2D eigenvalue weighted by atomic mass is 9.81. The van der Waals surface area contributed by atoms with E-state index in [2.05, 4.69) is 6.07 Å². The van der Waals surface area contributed by atoms with Gasteiger partial charge in [0, 0.05) is 22.3 Å². The van der Waals surface area contributed by atoms with Gasteiger partial charge in [-0.2, -0.15) is 5.26 Å². The first kappa shape index (κ1) is 27.7. The van der Waals surface area contributed by atoms with Crippen LogP contribution in [0.5, 0.6) is 0 Å². The summed E-state index contributed by atoms with van der Waals surface area (Å²) in [6.45, 7) is 0. The van der Waals surface area contributed by atoms with Crippen molar-refractivity contribution in [2.75, 3.05) is 19.1 Å². The van der Waals surface area contributed by atoms with Crippen molar-refractivity contribution in [1.29, 1.82) is 5.26 Å². The summed E-state index contributed by atoms with van der Waals surface area (Å²) in [4.78, 5) is 39.7. The molecule has 2 aliphatic rings. The molecule has 1 aliphatic carbocycles. The van der Waals surface area contributed by atoms with Gasteiger partial charge in [0.2, 0.25) is 0 Å². The number of nitro benzene ring substituents is 1. The average Bonchev–Trinajstić information content (AvgIpc) is 2.96. The van der Waals surface area contributed by atoms with Crippen molar-refractivity contribution < 1.29 is 24.0 Å². The number of anilines is 1. The molecule has 2 aromatic rings. The summed E-state index contributed by atoms with van der Waals surface area (Å²) in [5, 5.41) is 22.4. The second kappa shape index (κ2) is 12.0. The number of nitrogens with zero attached hydrogens (tertiary/aromatic N) is 3. The first-order valence-electron chi connectivity index (χ1n) is 12.4. The van der Waals surface area contributed by atoms with Crippen LogP contribution in [-0.4, -0.2) is 36.3 Å². The maximum Gasteiger partial charge on any atom is 0.355 e. The molecular formula is C28H28N4O6S.